The van der Waals surface area contributed by atoms with E-state index < -0.39 is 6.04 Å². The zero-order chi connectivity index (χ0) is 12.3. The van der Waals surface area contributed by atoms with Gasteiger partial charge in [0.1, 0.15) is 0 Å². The summed E-state index contributed by atoms with van der Waals surface area (Å²) in [7, 11) is 0. The molecule has 1 saturated heterocycles. The number of aliphatic imine (C=N–C) groups is 1. The highest BCUT2D eigenvalue weighted by atomic mass is 79.9. The molecule has 0 bridgehead atoms. The second kappa shape index (κ2) is 5.27. The van der Waals surface area contributed by atoms with Crippen molar-refractivity contribution in [2.45, 2.75) is 19.4 Å². The van der Waals surface area contributed by atoms with E-state index in [0.717, 1.165) is 10.9 Å². The first-order valence-electron chi connectivity index (χ1n) is 5.44. The van der Waals surface area contributed by atoms with Crippen LogP contribution in [-0.4, -0.2) is 23.4 Å². The van der Waals surface area contributed by atoms with Crippen LogP contribution in [0.1, 0.15) is 25.1 Å². The van der Waals surface area contributed by atoms with E-state index in [4.69, 9.17) is 0 Å². The summed E-state index contributed by atoms with van der Waals surface area (Å²) in [6.07, 6.45) is 2.62. The van der Waals surface area contributed by atoms with Gasteiger partial charge >= 0.3 is 0 Å². The van der Waals surface area contributed by atoms with Crippen LogP contribution in [0.25, 0.3) is 0 Å². The van der Waals surface area contributed by atoms with Crippen molar-refractivity contribution in [1.29, 1.82) is 0 Å². The summed E-state index contributed by atoms with van der Waals surface area (Å²) in [5, 5.41) is 5.72. The highest BCUT2D eigenvalue weighted by molar-refractivity contribution is 9.10. The van der Waals surface area contributed by atoms with Gasteiger partial charge in [-0.25, -0.2) is 0 Å². The minimum atomic E-state index is -0.446. The highest BCUT2D eigenvalue weighted by Gasteiger charge is 2.30. The number of pyridine rings is 1. The van der Waals surface area contributed by atoms with Crippen LogP contribution in [0.2, 0.25) is 0 Å². The van der Waals surface area contributed by atoms with E-state index in [9.17, 15) is 4.79 Å². The molecule has 1 amide bonds. The summed E-state index contributed by atoms with van der Waals surface area (Å²) < 4.78 is 0.888. The molecular formula is C11H13BrN4O. The maximum Gasteiger partial charge on any atom is 0.255 e. The van der Waals surface area contributed by atoms with Crippen LogP contribution in [0.5, 0.6) is 0 Å². The third kappa shape index (κ3) is 2.82. The number of guanidine groups is 1. The molecule has 5 nitrogen and oxygen atoms in total. The number of nitrogens with one attached hydrogen (secondary N) is 2. The van der Waals surface area contributed by atoms with Gasteiger partial charge in [0.05, 0.1) is 5.69 Å². The van der Waals surface area contributed by atoms with Gasteiger partial charge in [-0.3, -0.25) is 20.1 Å². The predicted molar refractivity (Wildman–Crippen MR) is 68.5 cm³/mol. The monoisotopic (exact) mass is 296 g/mol. The number of aromatic nitrogens is 1. The summed E-state index contributed by atoms with van der Waals surface area (Å²) >= 11 is 3.31. The fourth-order valence-corrected chi connectivity index (χ4v) is 1.74. The SMILES string of the molecule is CCCN=C1NC(=O)C(c2ccc(Br)cn2)N1. The van der Waals surface area contributed by atoms with Gasteiger partial charge in [0.2, 0.25) is 0 Å². The number of hydrogen-bond acceptors (Lipinski definition) is 3. The van der Waals surface area contributed by atoms with E-state index in [0.29, 0.717) is 18.2 Å². The number of nitrogens with zero attached hydrogens (tertiary/aromatic N) is 2. The molecule has 0 radical (unpaired) electrons. The average molecular weight is 297 g/mol. The quantitative estimate of drug-likeness (QED) is 0.885. The number of carbonyl (C=O) groups is 1. The van der Waals surface area contributed by atoms with Crippen LogP contribution in [-0.2, 0) is 4.79 Å². The third-order valence-electron chi connectivity index (χ3n) is 2.32. The van der Waals surface area contributed by atoms with Crippen LogP contribution >= 0.6 is 15.9 Å². The van der Waals surface area contributed by atoms with Crippen LogP contribution in [0, 0.1) is 0 Å². The molecule has 0 aliphatic carbocycles. The molecule has 0 saturated carbocycles. The van der Waals surface area contributed by atoms with Gasteiger partial charge in [-0.2, -0.15) is 0 Å². The molecule has 6 heteroatoms. The standard InChI is InChI=1S/C11H13BrN4O/c1-2-5-13-11-15-9(10(17)16-11)8-4-3-7(12)6-14-8/h3-4,6,9H,2,5H2,1H3,(H2,13,15,16,17). The van der Waals surface area contributed by atoms with Crippen molar-refractivity contribution in [3.63, 3.8) is 0 Å². The van der Waals surface area contributed by atoms with E-state index >= 15 is 0 Å². The van der Waals surface area contributed by atoms with Gasteiger partial charge in [-0.1, -0.05) is 6.92 Å². The molecule has 1 aromatic rings. The van der Waals surface area contributed by atoms with Crippen LogP contribution in [0.4, 0.5) is 0 Å². The number of amides is 1. The van der Waals surface area contributed by atoms with Crippen molar-refractivity contribution >= 4 is 27.8 Å². The smallest absolute Gasteiger partial charge is 0.255 e. The molecule has 90 valence electrons. The van der Waals surface area contributed by atoms with Gasteiger partial charge < -0.3 is 5.32 Å². The molecule has 1 unspecified atom stereocenters. The van der Waals surface area contributed by atoms with Gasteiger partial charge in [-0.15, -0.1) is 0 Å². The molecular weight excluding hydrogens is 284 g/mol. The zero-order valence-corrected chi connectivity index (χ0v) is 11.0. The lowest BCUT2D eigenvalue weighted by atomic mass is 10.2. The van der Waals surface area contributed by atoms with Crippen molar-refractivity contribution in [2.24, 2.45) is 4.99 Å². The molecule has 17 heavy (non-hydrogen) atoms. The van der Waals surface area contributed by atoms with E-state index in [1.54, 1.807) is 6.20 Å². The average Bonchev–Trinajstić information content (AvgIpc) is 2.69. The summed E-state index contributed by atoms with van der Waals surface area (Å²) in [6, 6.07) is 3.22. The van der Waals surface area contributed by atoms with E-state index in [1.165, 1.54) is 0 Å². The third-order valence-corrected chi connectivity index (χ3v) is 2.79. The zero-order valence-electron chi connectivity index (χ0n) is 9.40. The van der Waals surface area contributed by atoms with Gasteiger partial charge in [-0.05, 0) is 34.5 Å². The molecule has 1 aliphatic rings. The Kier molecular flexibility index (Phi) is 3.73. The maximum absolute atomic E-state index is 11.7. The largest absolute Gasteiger partial charge is 0.339 e. The Morgan fingerprint density at radius 3 is 3.00 bits per heavy atom. The lowest BCUT2D eigenvalue weighted by molar-refractivity contribution is -0.120. The van der Waals surface area contributed by atoms with Crippen LogP contribution in [0.3, 0.4) is 0 Å². The van der Waals surface area contributed by atoms with Gasteiger partial charge in [0.15, 0.2) is 12.0 Å². The number of carbonyl (C=O) groups excluding carboxylic acids is 1. The minimum Gasteiger partial charge on any atom is -0.339 e. The number of hydrogen-bond donors (Lipinski definition) is 2. The van der Waals surface area contributed by atoms with Crippen molar-refractivity contribution in [3.05, 3.63) is 28.5 Å². The number of halogens is 1. The predicted octanol–water partition coefficient (Wildman–Crippen LogP) is 1.37. The molecule has 2 N–H and O–H groups in total. The van der Waals surface area contributed by atoms with Crippen molar-refractivity contribution in [2.75, 3.05) is 6.54 Å². The second-order valence-corrected chi connectivity index (χ2v) is 4.61. The second-order valence-electron chi connectivity index (χ2n) is 3.70. The molecule has 1 atom stereocenters. The lowest BCUT2D eigenvalue weighted by Gasteiger charge is -2.06. The van der Waals surface area contributed by atoms with Crippen molar-refractivity contribution < 1.29 is 4.79 Å². The van der Waals surface area contributed by atoms with Crippen molar-refractivity contribution in [1.82, 2.24) is 15.6 Å². The van der Waals surface area contributed by atoms with Crippen molar-refractivity contribution in [3.8, 4) is 0 Å². The summed E-state index contributed by atoms with van der Waals surface area (Å²) in [6.45, 7) is 2.73. The molecule has 1 aromatic heterocycles. The first kappa shape index (κ1) is 12.0. The van der Waals surface area contributed by atoms with Crippen LogP contribution < -0.4 is 10.6 Å². The number of rotatable bonds is 3. The maximum atomic E-state index is 11.7. The Balaban J connectivity index is 2.13. The minimum absolute atomic E-state index is 0.116. The summed E-state index contributed by atoms with van der Waals surface area (Å²) in [5.41, 5.74) is 0.687. The molecule has 0 aromatic carbocycles. The normalized spacial score (nSPS) is 21.4. The van der Waals surface area contributed by atoms with E-state index in [1.807, 2.05) is 19.1 Å². The summed E-state index contributed by atoms with van der Waals surface area (Å²) in [5.74, 6) is 0.418. The Hall–Kier alpha value is -1.43. The molecule has 1 aliphatic heterocycles. The van der Waals surface area contributed by atoms with Crippen LogP contribution in [0.15, 0.2) is 27.8 Å². The lowest BCUT2D eigenvalue weighted by Crippen LogP contribution is -2.25. The Bertz CT molecular complexity index is 443. The molecule has 2 rings (SSSR count). The molecule has 0 spiro atoms. The Labute approximate surface area is 108 Å². The molecule has 2 heterocycles. The molecule has 1 fully saturated rings. The first-order valence-corrected chi connectivity index (χ1v) is 6.23. The van der Waals surface area contributed by atoms with E-state index in [-0.39, 0.29) is 5.91 Å². The van der Waals surface area contributed by atoms with E-state index in [2.05, 4.69) is 36.5 Å². The fourth-order valence-electron chi connectivity index (χ4n) is 1.50. The highest BCUT2D eigenvalue weighted by Crippen LogP contribution is 2.16. The first-order chi connectivity index (χ1) is 8.20. The topological polar surface area (TPSA) is 66.4 Å². The van der Waals surface area contributed by atoms with Gasteiger partial charge in [0, 0.05) is 17.2 Å². The Morgan fingerprint density at radius 2 is 2.35 bits per heavy atom. The Morgan fingerprint density at radius 1 is 1.53 bits per heavy atom. The van der Waals surface area contributed by atoms with Gasteiger partial charge in [0.25, 0.3) is 5.91 Å². The fraction of sp³-hybridized carbons (Fsp3) is 0.364. The summed E-state index contributed by atoms with van der Waals surface area (Å²) in [4.78, 5) is 20.1.